The maximum absolute atomic E-state index is 13.5. The highest BCUT2D eigenvalue weighted by Gasteiger charge is 2.12. The van der Waals surface area contributed by atoms with E-state index in [1.54, 1.807) is 13.2 Å². The van der Waals surface area contributed by atoms with Crippen LogP contribution in [0.4, 0.5) is 4.39 Å². The second kappa shape index (κ2) is 6.17. The first-order chi connectivity index (χ1) is 9.11. The number of benzene rings is 2. The molecule has 0 spiro atoms. The largest absolute Gasteiger partial charge is 0.496 e. The van der Waals surface area contributed by atoms with E-state index in [0.29, 0.717) is 10.9 Å². The lowest BCUT2D eigenvalue weighted by Crippen LogP contribution is -2.14. The molecule has 2 aromatic rings. The third-order valence-corrected chi connectivity index (χ3v) is 3.65. The molecular formula is C15H15BrFNO. The van der Waals surface area contributed by atoms with E-state index in [1.165, 1.54) is 6.07 Å². The quantitative estimate of drug-likeness (QED) is 0.927. The molecule has 0 saturated carbocycles. The number of hydrogen-bond donors (Lipinski definition) is 1. The van der Waals surface area contributed by atoms with Crippen molar-refractivity contribution in [2.75, 3.05) is 7.11 Å². The standard InChI is InChI=1S/C15H15BrFNO/c1-19-15-5-3-2-4-11(15)9-14(18)10-6-7-12(16)13(17)8-10/h2-8,14H,9,18H2,1H3. The zero-order valence-electron chi connectivity index (χ0n) is 10.6. The fourth-order valence-electron chi connectivity index (χ4n) is 1.97. The number of nitrogens with two attached hydrogens (primary N) is 1. The van der Waals surface area contributed by atoms with Crippen molar-refractivity contribution >= 4 is 15.9 Å². The molecule has 0 saturated heterocycles. The Bertz CT molecular complexity index is 574. The van der Waals surface area contributed by atoms with Gasteiger partial charge >= 0.3 is 0 Å². The molecule has 0 radical (unpaired) electrons. The molecule has 2 nitrogen and oxygen atoms in total. The van der Waals surface area contributed by atoms with E-state index in [9.17, 15) is 4.39 Å². The smallest absolute Gasteiger partial charge is 0.137 e. The highest BCUT2D eigenvalue weighted by molar-refractivity contribution is 9.10. The summed E-state index contributed by atoms with van der Waals surface area (Å²) in [5, 5.41) is 0. The van der Waals surface area contributed by atoms with E-state index >= 15 is 0 Å². The van der Waals surface area contributed by atoms with Gasteiger partial charge in [-0.3, -0.25) is 0 Å². The molecule has 0 heterocycles. The topological polar surface area (TPSA) is 35.2 Å². The number of para-hydroxylation sites is 1. The monoisotopic (exact) mass is 323 g/mol. The zero-order valence-corrected chi connectivity index (χ0v) is 12.2. The lowest BCUT2D eigenvalue weighted by atomic mass is 9.99. The maximum atomic E-state index is 13.5. The van der Waals surface area contributed by atoms with E-state index in [1.807, 2.05) is 30.3 Å². The van der Waals surface area contributed by atoms with Crippen LogP contribution in [0, 0.1) is 5.82 Å². The minimum absolute atomic E-state index is 0.265. The summed E-state index contributed by atoms with van der Waals surface area (Å²) >= 11 is 3.13. The minimum Gasteiger partial charge on any atom is -0.496 e. The van der Waals surface area contributed by atoms with Gasteiger partial charge in [0, 0.05) is 6.04 Å². The van der Waals surface area contributed by atoms with E-state index in [4.69, 9.17) is 10.5 Å². The molecule has 1 unspecified atom stereocenters. The Morgan fingerprint density at radius 1 is 1.26 bits per heavy atom. The summed E-state index contributed by atoms with van der Waals surface area (Å²) in [6, 6.07) is 12.4. The van der Waals surface area contributed by atoms with Crippen molar-refractivity contribution in [3.05, 3.63) is 63.9 Å². The zero-order chi connectivity index (χ0) is 13.8. The van der Waals surface area contributed by atoms with Crippen molar-refractivity contribution in [2.24, 2.45) is 5.73 Å². The molecule has 2 aromatic carbocycles. The second-order valence-corrected chi connectivity index (χ2v) is 5.15. The molecule has 1 atom stereocenters. The van der Waals surface area contributed by atoms with Crippen LogP contribution in [0.5, 0.6) is 5.75 Å². The van der Waals surface area contributed by atoms with E-state index < -0.39 is 0 Å². The van der Waals surface area contributed by atoms with Crippen LogP contribution in [0.25, 0.3) is 0 Å². The summed E-state index contributed by atoms with van der Waals surface area (Å²) in [7, 11) is 1.63. The molecule has 19 heavy (non-hydrogen) atoms. The van der Waals surface area contributed by atoms with Crippen LogP contribution in [-0.2, 0) is 6.42 Å². The molecule has 0 aliphatic rings. The van der Waals surface area contributed by atoms with Gasteiger partial charge in [0.15, 0.2) is 0 Å². The Morgan fingerprint density at radius 2 is 2.00 bits per heavy atom. The van der Waals surface area contributed by atoms with Crippen LogP contribution in [0.2, 0.25) is 0 Å². The van der Waals surface area contributed by atoms with E-state index in [-0.39, 0.29) is 11.9 Å². The SMILES string of the molecule is COc1ccccc1CC(N)c1ccc(Br)c(F)c1. The van der Waals surface area contributed by atoms with Gasteiger partial charge in [-0.15, -0.1) is 0 Å². The highest BCUT2D eigenvalue weighted by Crippen LogP contribution is 2.25. The lowest BCUT2D eigenvalue weighted by Gasteiger charge is -2.15. The number of methoxy groups -OCH3 is 1. The van der Waals surface area contributed by atoms with Crippen molar-refractivity contribution in [1.29, 1.82) is 0 Å². The van der Waals surface area contributed by atoms with E-state index in [2.05, 4.69) is 15.9 Å². The van der Waals surface area contributed by atoms with Gasteiger partial charge in [0.05, 0.1) is 11.6 Å². The highest BCUT2D eigenvalue weighted by atomic mass is 79.9. The Kier molecular flexibility index (Phi) is 4.56. The van der Waals surface area contributed by atoms with Crippen molar-refractivity contribution < 1.29 is 9.13 Å². The van der Waals surface area contributed by atoms with Crippen LogP contribution in [0.1, 0.15) is 17.2 Å². The van der Waals surface area contributed by atoms with Gasteiger partial charge in [0.25, 0.3) is 0 Å². The fourth-order valence-corrected chi connectivity index (χ4v) is 2.22. The molecule has 0 aromatic heterocycles. The maximum Gasteiger partial charge on any atom is 0.137 e. The molecule has 100 valence electrons. The number of rotatable bonds is 4. The van der Waals surface area contributed by atoms with Crippen LogP contribution in [-0.4, -0.2) is 7.11 Å². The van der Waals surface area contributed by atoms with Crippen molar-refractivity contribution in [2.45, 2.75) is 12.5 Å². The van der Waals surface area contributed by atoms with Gasteiger partial charge in [-0.1, -0.05) is 24.3 Å². The first kappa shape index (κ1) is 14.0. The normalized spacial score (nSPS) is 12.2. The molecule has 2 N–H and O–H groups in total. The second-order valence-electron chi connectivity index (χ2n) is 4.30. The van der Waals surface area contributed by atoms with Gasteiger partial charge in [-0.2, -0.15) is 0 Å². The Hall–Kier alpha value is -1.39. The van der Waals surface area contributed by atoms with Crippen LogP contribution in [0.15, 0.2) is 46.9 Å². The molecular weight excluding hydrogens is 309 g/mol. The van der Waals surface area contributed by atoms with Gasteiger partial charge in [-0.05, 0) is 51.7 Å². The first-order valence-corrected chi connectivity index (χ1v) is 6.73. The third kappa shape index (κ3) is 3.33. The van der Waals surface area contributed by atoms with Crippen molar-refractivity contribution in [3.63, 3.8) is 0 Å². The summed E-state index contributed by atoms with van der Waals surface area (Å²) in [5.74, 6) is 0.503. The number of ether oxygens (including phenoxy) is 1. The molecule has 0 fully saturated rings. The van der Waals surface area contributed by atoms with Gasteiger partial charge in [-0.25, -0.2) is 4.39 Å². The molecule has 0 aliphatic heterocycles. The van der Waals surface area contributed by atoms with Crippen LogP contribution >= 0.6 is 15.9 Å². The molecule has 2 rings (SSSR count). The Labute approximate surface area is 120 Å². The summed E-state index contributed by atoms with van der Waals surface area (Å²) in [6.45, 7) is 0. The number of halogens is 2. The predicted octanol–water partition coefficient (Wildman–Crippen LogP) is 3.84. The van der Waals surface area contributed by atoms with Crippen LogP contribution in [0.3, 0.4) is 0 Å². The summed E-state index contributed by atoms with van der Waals surface area (Å²) < 4.78 is 19.2. The Balaban J connectivity index is 2.20. The van der Waals surface area contributed by atoms with Gasteiger partial charge in [0.2, 0.25) is 0 Å². The summed E-state index contributed by atoms with van der Waals surface area (Å²) in [6.07, 6.45) is 0.602. The molecule has 4 heteroatoms. The third-order valence-electron chi connectivity index (χ3n) is 3.00. The van der Waals surface area contributed by atoms with Crippen molar-refractivity contribution in [1.82, 2.24) is 0 Å². The Morgan fingerprint density at radius 3 is 2.68 bits per heavy atom. The fraction of sp³-hybridized carbons (Fsp3) is 0.200. The molecule has 0 aliphatic carbocycles. The van der Waals surface area contributed by atoms with Crippen LogP contribution < -0.4 is 10.5 Å². The van der Waals surface area contributed by atoms with E-state index in [0.717, 1.165) is 16.9 Å². The van der Waals surface area contributed by atoms with Crippen molar-refractivity contribution in [3.8, 4) is 5.75 Å². The predicted molar refractivity (Wildman–Crippen MR) is 77.7 cm³/mol. The summed E-state index contributed by atoms with van der Waals surface area (Å²) in [5.41, 5.74) is 7.92. The van der Waals surface area contributed by atoms with Gasteiger partial charge < -0.3 is 10.5 Å². The average molecular weight is 324 g/mol. The summed E-state index contributed by atoms with van der Waals surface area (Å²) in [4.78, 5) is 0. The number of hydrogen-bond acceptors (Lipinski definition) is 2. The van der Waals surface area contributed by atoms with Gasteiger partial charge in [0.1, 0.15) is 11.6 Å². The lowest BCUT2D eigenvalue weighted by molar-refractivity contribution is 0.408. The minimum atomic E-state index is -0.298. The first-order valence-electron chi connectivity index (χ1n) is 5.94. The average Bonchev–Trinajstić information content (AvgIpc) is 2.42. The molecule has 0 amide bonds. The molecule has 0 bridgehead atoms.